The Morgan fingerprint density at radius 3 is 2.10 bits per heavy atom. The second-order valence-corrected chi connectivity index (χ2v) is 13.1. The Morgan fingerprint density at radius 2 is 1.59 bits per heavy atom. The summed E-state index contributed by atoms with van der Waals surface area (Å²) < 4.78 is 7.15. The minimum Gasteiger partial charge on any atom is -0.402 e. The number of unbranched alkanes of at least 4 members (excludes halogenated alkanes) is 1. The lowest BCUT2D eigenvalue weighted by molar-refractivity contribution is -0.107. The Morgan fingerprint density at radius 1 is 1.00 bits per heavy atom. The molecule has 1 unspecified atom stereocenters. The van der Waals surface area contributed by atoms with Gasteiger partial charge in [0.25, 0.3) is 0 Å². The minimum absolute atomic E-state index is 0.214. The van der Waals surface area contributed by atoms with E-state index in [4.69, 9.17) is 4.43 Å². The second-order valence-electron chi connectivity index (χ2n) is 8.71. The highest BCUT2D eigenvalue weighted by Gasteiger charge is 2.49. The van der Waals surface area contributed by atoms with E-state index in [-0.39, 0.29) is 6.04 Å². The van der Waals surface area contributed by atoms with Crippen LogP contribution < -0.4 is 0 Å². The van der Waals surface area contributed by atoms with Crippen LogP contribution in [0.2, 0.25) is 19.6 Å². The lowest BCUT2D eigenvalue weighted by atomic mass is 9.79. The third-order valence-corrected chi connectivity index (χ3v) is 6.32. The molecule has 2 aromatic rings. The van der Waals surface area contributed by atoms with Crippen LogP contribution in [0.25, 0.3) is 0 Å². The highest BCUT2D eigenvalue weighted by molar-refractivity contribution is 6.69. The van der Waals surface area contributed by atoms with Crippen LogP contribution in [0.3, 0.4) is 0 Å². The predicted molar refractivity (Wildman–Crippen MR) is 122 cm³/mol. The summed E-state index contributed by atoms with van der Waals surface area (Å²) in [6.45, 7) is 7.82. The molecule has 1 aliphatic heterocycles. The van der Waals surface area contributed by atoms with Gasteiger partial charge in [0.2, 0.25) is 0 Å². The first-order valence-electron chi connectivity index (χ1n) is 10.6. The van der Waals surface area contributed by atoms with Crippen molar-refractivity contribution in [2.75, 3.05) is 6.54 Å². The monoisotopic (exact) mass is 407 g/mol. The van der Waals surface area contributed by atoms with Crippen LogP contribution >= 0.6 is 0 Å². The van der Waals surface area contributed by atoms with Crippen molar-refractivity contribution in [3.8, 4) is 0 Å². The lowest BCUT2D eigenvalue weighted by Crippen LogP contribution is -2.53. The number of likely N-dealkylation sites (tertiary alicyclic amines) is 1. The van der Waals surface area contributed by atoms with Gasteiger partial charge < -0.3 is 14.1 Å². The van der Waals surface area contributed by atoms with Crippen LogP contribution in [-0.4, -0.2) is 32.1 Å². The molecule has 1 fully saturated rings. The number of hydrogen-bond donors (Lipinski definition) is 0. The number of carbonyl (C=O) groups excluding carboxylic acids is 1. The van der Waals surface area contributed by atoms with Gasteiger partial charge in [-0.3, -0.25) is 0 Å². The average Bonchev–Trinajstić information content (AvgIpc) is 3.19. The average molecular weight is 408 g/mol. The van der Waals surface area contributed by atoms with Crippen LogP contribution in [0.1, 0.15) is 36.8 Å². The molecule has 1 saturated heterocycles. The molecule has 154 valence electrons. The third kappa shape index (κ3) is 5.06. The Labute approximate surface area is 176 Å². The molecule has 1 atom stereocenters. The lowest BCUT2D eigenvalue weighted by Gasteiger charge is -2.47. The van der Waals surface area contributed by atoms with Crippen LogP contribution in [0.5, 0.6) is 0 Å². The summed E-state index contributed by atoms with van der Waals surface area (Å²) in [5.41, 5.74) is 1.91. The second kappa shape index (κ2) is 9.55. The van der Waals surface area contributed by atoms with Gasteiger partial charge in [0.05, 0.1) is 6.04 Å². The van der Waals surface area contributed by atoms with E-state index in [0.717, 1.165) is 32.1 Å². The fraction of sp³-hybridized carbons (Fsp3) is 0.400. The quantitative estimate of drug-likeness (QED) is 0.302. The summed E-state index contributed by atoms with van der Waals surface area (Å²) in [7, 11) is -1.90. The van der Waals surface area contributed by atoms with Gasteiger partial charge in [0.1, 0.15) is 11.9 Å². The molecule has 0 aromatic heterocycles. The number of hydrogen-bond acceptors (Lipinski definition) is 3. The number of carbonyl (C=O) groups is 1. The van der Waals surface area contributed by atoms with Gasteiger partial charge in [-0.25, -0.2) is 0 Å². The zero-order valence-corrected chi connectivity index (χ0v) is 18.9. The number of nitrogens with zero attached hydrogens (tertiary/aromatic N) is 1. The van der Waals surface area contributed by atoms with Crippen molar-refractivity contribution in [3.63, 3.8) is 0 Å². The highest BCUT2D eigenvalue weighted by atomic mass is 28.4. The maximum absolute atomic E-state index is 10.7. The smallest absolute Gasteiger partial charge is 0.185 e. The number of rotatable bonds is 9. The Kier molecular flexibility index (Phi) is 7.09. The van der Waals surface area contributed by atoms with Crippen LogP contribution in [0.15, 0.2) is 72.9 Å². The van der Waals surface area contributed by atoms with Crippen molar-refractivity contribution in [2.24, 2.45) is 0 Å². The molecule has 0 N–H and O–H groups in total. The fourth-order valence-corrected chi connectivity index (χ4v) is 5.71. The maximum atomic E-state index is 10.7. The predicted octanol–water partition coefficient (Wildman–Crippen LogP) is 5.74. The molecule has 0 amide bonds. The van der Waals surface area contributed by atoms with E-state index >= 15 is 0 Å². The van der Waals surface area contributed by atoms with Crippen molar-refractivity contribution in [3.05, 3.63) is 84.1 Å². The van der Waals surface area contributed by atoms with Crippen molar-refractivity contribution in [1.82, 2.24) is 4.90 Å². The molecule has 4 heteroatoms. The van der Waals surface area contributed by atoms with Gasteiger partial charge in [-0.1, -0.05) is 66.7 Å². The molecule has 0 bridgehead atoms. The van der Waals surface area contributed by atoms with E-state index in [2.05, 4.69) is 97.5 Å². The summed E-state index contributed by atoms with van der Waals surface area (Å²) in [4.78, 5) is 13.1. The molecule has 0 saturated carbocycles. The first-order valence-corrected chi connectivity index (χ1v) is 14.1. The van der Waals surface area contributed by atoms with Crippen LogP contribution in [-0.2, 0) is 14.8 Å². The summed E-state index contributed by atoms with van der Waals surface area (Å²) in [5, 5.41) is 0. The fourth-order valence-electron chi connectivity index (χ4n) is 4.37. The minimum atomic E-state index is -1.90. The van der Waals surface area contributed by atoms with E-state index < -0.39 is 13.9 Å². The molecule has 0 radical (unpaired) electrons. The first-order chi connectivity index (χ1) is 14.0. The van der Waals surface area contributed by atoms with Gasteiger partial charge in [-0.2, -0.15) is 0 Å². The Hall–Kier alpha value is -2.17. The van der Waals surface area contributed by atoms with Crippen molar-refractivity contribution >= 4 is 14.6 Å². The third-order valence-electron chi connectivity index (χ3n) is 5.38. The maximum Gasteiger partial charge on any atom is 0.185 e. The Bertz CT molecular complexity index is 759. The van der Waals surface area contributed by atoms with Crippen molar-refractivity contribution < 1.29 is 9.22 Å². The molecular weight excluding hydrogens is 374 g/mol. The normalized spacial score (nSPS) is 17.8. The van der Waals surface area contributed by atoms with E-state index in [9.17, 15) is 4.79 Å². The van der Waals surface area contributed by atoms with E-state index in [1.165, 1.54) is 11.1 Å². The molecule has 29 heavy (non-hydrogen) atoms. The number of benzene rings is 2. The zero-order valence-electron chi connectivity index (χ0n) is 17.9. The van der Waals surface area contributed by atoms with Gasteiger partial charge in [-0.05, 0) is 56.2 Å². The number of allylic oxidation sites excluding steroid dienone is 1. The van der Waals surface area contributed by atoms with Crippen molar-refractivity contribution in [1.29, 1.82) is 0 Å². The van der Waals surface area contributed by atoms with Crippen LogP contribution in [0, 0.1) is 0 Å². The topological polar surface area (TPSA) is 29.5 Å². The molecule has 0 spiro atoms. The summed E-state index contributed by atoms with van der Waals surface area (Å²) in [6, 6.07) is 21.6. The van der Waals surface area contributed by atoms with Gasteiger partial charge in [0.15, 0.2) is 8.32 Å². The highest BCUT2D eigenvalue weighted by Crippen LogP contribution is 2.45. The van der Waals surface area contributed by atoms with E-state index in [1.54, 1.807) is 0 Å². The molecule has 1 heterocycles. The van der Waals surface area contributed by atoms with Gasteiger partial charge >= 0.3 is 0 Å². The number of aldehydes is 1. The largest absolute Gasteiger partial charge is 0.402 e. The molecular formula is C25H33NO2Si. The molecule has 2 aromatic carbocycles. The van der Waals surface area contributed by atoms with Gasteiger partial charge in [-0.15, -0.1) is 0 Å². The molecule has 3 rings (SSSR count). The SMILES string of the molecule is C[Si](C)(C)OC(c1ccccc1)(c1ccccc1)C1CCCN1/C=C/CCC=O. The van der Waals surface area contributed by atoms with E-state index in [0.29, 0.717) is 6.42 Å². The van der Waals surface area contributed by atoms with E-state index in [1.807, 2.05) is 0 Å². The molecule has 3 nitrogen and oxygen atoms in total. The Balaban J connectivity index is 2.13. The van der Waals surface area contributed by atoms with Crippen LogP contribution in [0.4, 0.5) is 0 Å². The standard InChI is InChI=1S/C25H33NO2Si/c1-29(2,3)28-25(22-14-7-4-8-15-22,23-16-9-5-10-17-23)24-18-13-20-26(24)19-11-6-12-21-27/h4-5,7-11,14-17,19,21,24H,6,12-13,18,20H2,1-3H3/b19-11+. The van der Waals surface area contributed by atoms with Crippen molar-refractivity contribution in [2.45, 2.75) is 57.0 Å². The summed E-state index contributed by atoms with van der Waals surface area (Å²) in [6.07, 6.45) is 8.87. The molecule has 1 aliphatic rings. The zero-order chi connectivity index (χ0) is 20.7. The summed E-state index contributed by atoms with van der Waals surface area (Å²) in [5.74, 6) is 0. The molecule has 0 aliphatic carbocycles. The summed E-state index contributed by atoms with van der Waals surface area (Å²) >= 11 is 0. The van der Waals surface area contributed by atoms with Gasteiger partial charge in [0, 0.05) is 13.0 Å². The first kappa shape index (κ1) is 21.5.